The third-order valence-corrected chi connectivity index (χ3v) is 6.96. The van der Waals surface area contributed by atoms with Gasteiger partial charge in [-0.15, -0.1) is 0 Å². The van der Waals surface area contributed by atoms with Gasteiger partial charge in [0.25, 0.3) is 0 Å². The molecule has 0 aliphatic rings. The van der Waals surface area contributed by atoms with Crippen molar-refractivity contribution in [1.82, 2.24) is 19.9 Å². The molecule has 1 unspecified atom stereocenters. The number of aromatic amines is 2. The standard InChI is InChI=1S/C30H36N6O/c1-29(2,3)25(31)27-33-15-21(35-27)17-7-9-18(10-8-17)23-14-20-12-11-19(13-24(20)37-23)22-16-34-28(36-22)26(32)30(4,5)6/h7-16,25-26H,31-32H2,1-6H3,(H,33,35)(H,34,36)/t25?,26-/m1/s1. The monoisotopic (exact) mass is 496 g/mol. The van der Waals surface area contributed by atoms with Crippen LogP contribution in [0.25, 0.3) is 44.8 Å². The highest BCUT2D eigenvalue weighted by Crippen LogP contribution is 2.34. The van der Waals surface area contributed by atoms with E-state index in [0.29, 0.717) is 0 Å². The Kier molecular flexibility index (Phi) is 6.09. The van der Waals surface area contributed by atoms with E-state index in [1.54, 1.807) is 0 Å². The second-order valence-electron chi connectivity index (χ2n) is 12.0. The number of furan rings is 1. The van der Waals surface area contributed by atoms with Gasteiger partial charge in [0.15, 0.2) is 0 Å². The number of nitrogens with one attached hydrogen (secondary N) is 2. The molecule has 3 heterocycles. The number of nitrogens with zero attached hydrogens (tertiary/aromatic N) is 2. The maximum Gasteiger partial charge on any atom is 0.135 e. The van der Waals surface area contributed by atoms with Crippen LogP contribution in [0.4, 0.5) is 0 Å². The lowest BCUT2D eigenvalue weighted by atomic mass is 9.87. The van der Waals surface area contributed by atoms with E-state index in [1.807, 2.05) is 18.5 Å². The summed E-state index contributed by atoms with van der Waals surface area (Å²) >= 11 is 0. The third kappa shape index (κ3) is 4.97. The largest absolute Gasteiger partial charge is 0.456 e. The third-order valence-electron chi connectivity index (χ3n) is 6.96. The Hall–Kier alpha value is -3.68. The summed E-state index contributed by atoms with van der Waals surface area (Å²) in [5.41, 5.74) is 18.3. The lowest BCUT2D eigenvalue weighted by Gasteiger charge is -2.25. The van der Waals surface area contributed by atoms with Crippen LogP contribution in [0.2, 0.25) is 0 Å². The Morgan fingerprint density at radius 1 is 0.676 bits per heavy atom. The number of nitrogens with two attached hydrogens (primary N) is 2. The second kappa shape index (κ2) is 9.01. The van der Waals surface area contributed by atoms with Crippen LogP contribution < -0.4 is 11.5 Å². The minimum atomic E-state index is -0.174. The van der Waals surface area contributed by atoms with Crippen LogP contribution in [-0.2, 0) is 0 Å². The van der Waals surface area contributed by atoms with Crippen molar-refractivity contribution in [1.29, 1.82) is 0 Å². The van der Waals surface area contributed by atoms with Crippen molar-refractivity contribution in [3.05, 3.63) is 72.6 Å². The fraction of sp³-hybridized carbons (Fsp3) is 0.333. The number of benzene rings is 2. The first kappa shape index (κ1) is 25.0. The van der Waals surface area contributed by atoms with Crippen molar-refractivity contribution in [3.63, 3.8) is 0 Å². The predicted octanol–water partition coefficient (Wildman–Crippen LogP) is 6.97. The van der Waals surface area contributed by atoms with Crippen LogP contribution >= 0.6 is 0 Å². The number of hydrogen-bond donors (Lipinski definition) is 4. The summed E-state index contributed by atoms with van der Waals surface area (Å²) in [4.78, 5) is 15.8. The van der Waals surface area contributed by atoms with Crippen LogP contribution in [-0.4, -0.2) is 19.9 Å². The molecular formula is C30H36N6O. The van der Waals surface area contributed by atoms with Gasteiger partial charge in [-0.2, -0.15) is 0 Å². The summed E-state index contributed by atoms with van der Waals surface area (Å²) in [7, 11) is 0. The van der Waals surface area contributed by atoms with Gasteiger partial charge < -0.3 is 25.9 Å². The van der Waals surface area contributed by atoms with E-state index in [2.05, 4.69) is 104 Å². The van der Waals surface area contributed by atoms with Gasteiger partial charge in [0, 0.05) is 16.5 Å². The first-order valence-corrected chi connectivity index (χ1v) is 12.7. The van der Waals surface area contributed by atoms with E-state index in [4.69, 9.17) is 15.9 Å². The summed E-state index contributed by atoms with van der Waals surface area (Å²) in [6.07, 6.45) is 3.67. The highest BCUT2D eigenvalue weighted by atomic mass is 16.3. The first-order valence-electron chi connectivity index (χ1n) is 12.7. The van der Waals surface area contributed by atoms with Gasteiger partial charge >= 0.3 is 0 Å². The quantitative estimate of drug-likeness (QED) is 0.209. The zero-order chi connectivity index (χ0) is 26.5. The average molecular weight is 497 g/mol. The fourth-order valence-electron chi connectivity index (χ4n) is 4.26. The van der Waals surface area contributed by atoms with E-state index in [0.717, 1.165) is 56.5 Å². The zero-order valence-corrected chi connectivity index (χ0v) is 22.4. The molecule has 0 aliphatic heterocycles. The maximum atomic E-state index is 6.38. The smallest absolute Gasteiger partial charge is 0.135 e. The second-order valence-corrected chi connectivity index (χ2v) is 12.0. The van der Waals surface area contributed by atoms with Crippen LogP contribution in [0.15, 0.2) is 65.3 Å². The molecule has 7 nitrogen and oxygen atoms in total. The Balaban J connectivity index is 1.37. The Labute approximate surface area is 217 Å². The van der Waals surface area contributed by atoms with Gasteiger partial charge in [0.1, 0.15) is 23.0 Å². The molecule has 0 fully saturated rings. The molecule has 0 spiro atoms. The molecule has 0 bridgehead atoms. The molecule has 2 atom stereocenters. The Bertz CT molecular complexity index is 1520. The topological polar surface area (TPSA) is 123 Å². The summed E-state index contributed by atoms with van der Waals surface area (Å²) < 4.78 is 6.25. The first-order chi connectivity index (χ1) is 17.4. The van der Waals surface area contributed by atoms with Crippen LogP contribution in [0.1, 0.15) is 65.3 Å². The molecule has 7 heteroatoms. The fourth-order valence-corrected chi connectivity index (χ4v) is 4.26. The summed E-state index contributed by atoms with van der Waals surface area (Å²) in [5, 5.41) is 1.04. The number of H-pyrrole nitrogens is 2. The Morgan fingerprint density at radius 3 is 1.70 bits per heavy atom. The molecule has 192 valence electrons. The van der Waals surface area contributed by atoms with Crippen molar-refractivity contribution < 1.29 is 4.42 Å². The molecule has 5 aromatic rings. The SMILES string of the molecule is CC(C)(C)C(N)c1ncc(-c2ccc(-c3cc4ccc(-c5cnc([C@@H](N)C(C)(C)C)[nH]5)cc4o3)cc2)[nH]1. The molecule has 0 saturated carbocycles. The van der Waals surface area contributed by atoms with Gasteiger partial charge in [0.2, 0.25) is 0 Å². The van der Waals surface area contributed by atoms with Crippen molar-refractivity contribution >= 4 is 11.0 Å². The summed E-state index contributed by atoms with van der Waals surface area (Å²) in [5.74, 6) is 2.40. The normalized spacial score (nSPS) is 14.3. The molecule has 6 N–H and O–H groups in total. The van der Waals surface area contributed by atoms with Crippen molar-refractivity contribution in [2.45, 2.75) is 53.6 Å². The van der Waals surface area contributed by atoms with Crippen molar-refractivity contribution in [2.24, 2.45) is 22.3 Å². The van der Waals surface area contributed by atoms with E-state index < -0.39 is 0 Å². The summed E-state index contributed by atoms with van der Waals surface area (Å²) in [6.45, 7) is 12.7. The van der Waals surface area contributed by atoms with Crippen LogP contribution in [0.3, 0.4) is 0 Å². The predicted molar refractivity (Wildman–Crippen MR) is 150 cm³/mol. The molecule has 0 saturated heterocycles. The lowest BCUT2D eigenvalue weighted by Crippen LogP contribution is -2.27. The van der Waals surface area contributed by atoms with Gasteiger partial charge in [0.05, 0.1) is 35.9 Å². The molecule has 0 amide bonds. The van der Waals surface area contributed by atoms with E-state index in [-0.39, 0.29) is 22.9 Å². The minimum Gasteiger partial charge on any atom is -0.456 e. The number of fused-ring (bicyclic) bond motifs is 1. The van der Waals surface area contributed by atoms with Gasteiger partial charge in [-0.05, 0) is 28.5 Å². The van der Waals surface area contributed by atoms with E-state index >= 15 is 0 Å². The average Bonchev–Trinajstić information content (AvgIpc) is 3.61. The van der Waals surface area contributed by atoms with Gasteiger partial charge in [-0.3, -0.25) is 0 Å². The van der Waals surface area contributed by atoms with Crippen LogP contribution in [0.5, 0.6) is 0 Å². The molecule has 2 aromatic carbocycles. The molecule has 37 heavy (non-hydrogen) atoms. The molecular weight excluding hydrogens is 460 g/mol. The number of imidazole rings is 2. The van der Waals surface area contributed by atoms with E-state index in [1.165, 1.54) is 0 Å². The summed E-state index contributed by atoms with van der Waals surface area (Å²) in [6, 6.07) is 16.2. The minimum absolute atomic E-state index is 0.0704. The molecule has 5 rings (SSSR count). The number of rotatable bonds is 5. The Morgan fingerprint density at radius 2 is 1.16 bits per heavy atom. The lowest BCUT2D eigenvalue weighted by molar-refractivity contribution is 0.316. The van der Waals surface area contributed by atoms with Gasteiger partial charge in [-0.1, -0.05) is 77.9 Å². The van der Waals surface area contributed by atoms with Crippen molar-refractivity contribution in [3.8, 4) is 33.8 Å². The van der Waals surface area contributed by atoms with Crippen LogP contribution in [0, 0.1) is 10.8 Å². The number of hydrogen-bond acceptors (Lipinski definition) is 5. The highest BCUT2D eigenvalue weighted by molar-refractivity contribution is 5.86. The molecule has 0 radical (unpaired) electrons. The molecule has 3 aromatic heterocycles. The zero-order valence-electron chi connectivity index (χ0n) is 22.4. The van der Waals surface area contributed by atoms with E-state index in [9.17, 15) is 0 Å². The van der Waals surface area contributed by atoms with Gasteiger partial charge in [-0.25, -0.2) is 9.97 Å². The highest BCUT2D eigenvalue weighted by Gasteiger charge is 2.26. The maximum absolute atomic E-state index is 6.38. The number of aromatic nitrogens is 4. The van der Waals surface area contributed by atoms with Crippen molar-refractivity contribution in [2.75, 3.05) is 0 Å². The molecule has 0 aliphatic carbocycles.